The molecule has 0 radical (unpaired) electrons. The van der Waals surface area contributed by atoms with Crippen LogP contribution in [0.4, 0.5) is 0 Å². The topological polar surface area (TPSA) is 57.6 Å². The molecule has 0 fully saturated rings. The number of hydrogen-bond acceptors (Lipinski definition) is 2. The third-order valence-corrected chi connectivity index (χ3v) is 4.40. The van der Waals surface area contributed by atoms with Crippen LogP contribution < -0.4 is 0 Å². The third-order valence-electron chi connectivity index (χ3n) is 4.40. The number of amides is 1. The number of benzene rings is 3. The average molecular weight is 359 g/mol. The number of carboxylic acids is 1. The van der Waals surface area contributed by atoms with Crippen molar-refractivity contribution in [2.75, 3.05) is 6.54 Å². The largest absolute Gasteiger partial charge is 0.478 e. The molecule has 0 aliphatic rings. The summed E-state index contributed by atoms with van der Waals surface area (Å²) in [4.78, 5) is 25.9. The van der Waals surface area contributed by atoms with Crippen LogP contribution in [0.25, 0.3) is 0 Å². The Morgan fingerprint density at radius 1 is 0.704 bits per heavy atom. The highest BCUT2D eigenvalue weighted by Gasteiger charge is 2.17. The molecule has 0 aliphatic carbocycles. The van der Waals surface area contributed by atoms with Gasteiger partial charge in [0.2, 0.25) is 0 Å². The van der Waals surface area contributed by atoms with E-state index in [1.165, 1.54) is 17.7 Å². The van der Waals surface area contributed by atoms with E-state index >= 15 is 0 Å². The fraction of sp³-hybridized carbons (Fsp3) is 0.130. The van der Waals surface area contributed by atoms with Gasteiger partial charge in [0.05, 0.1) is 5.56 Å². The smallest absolute Gasteiger partial charge is 0.335 e. The predicted molar refractivity (Wildman–Crippen MR) is 105 cm³/mol. The first-order chi connectivity index (χ1) is 13.1. The van der Waals surface area contributed by atoms with Gasteiger partial charge >= 0.3 is 5.97 Å². The van der Waals surface area contributed by atoms with Gasteiger partial charge in [-0.15, -0.1) is 0 Å². The molecule has 0 spiro atoms. The van der Waals surface area contributed by atoms with E-state index in [9.17, 15) is 9.59 Å². The minimum atomic E-state index is -1.00. The molecule has 1 amide bonds. The van der Waals surface area contributed by atoms with Gasteiger partial charge in [0.1, 0.15) is 0 Å². The van der Waals surface area contributed by atoms with Crippen LogP contribution in [0.3, 0.4) is 0 Å². The van der Waals surface area contributed by atoms with E-state index in [0.29, 0.717) is 18.7 Å². The highest BCUT2D eigenvalue weighted by atomic mass is 16.4. The molecular formula is C23H21NO3. The summed E-state index contributed by atoms with van der Waals surface area (Å²) >= 11 is 0. The van der Waals surface area contributed by atoms with Gasteiger partial charge in [0, 0.05) is 18.7 Å². The molecule has 0 aliphatic heterocycles. The Morgan fingerprint density at radius 2 is 1.22 bits per heavy atom. The zero-order chi connectivity index (χ0) is 19.1. The van der Waals surface area contributed by atoms with Gasteiger partial charge in [-0.25, -0.2) is 4.79 Å². The highest BCUT2D eigenvalue weighted by molar-refractivity contribution is 5.95. The molecule has 27 heavy (non-hydrogen) atoms. The van der Waals surface area contributed by atoms with Gasteiger partial charge in [0.25, 0.3) is 5.91 Å². The van der Waals surface area contributed by atoms with Crippen molar-refractivity contribution in [3.63, 3.8) is 0 Å². The molecule has 0 aromatic heterocycles. The lowest BCUT2D eigenvalue weighted by Gasteiger charge is -2.23. The maximum absolute atomic E-state index is 13.0. The van der Waals surface area contributed by atoms with Gasteiger partial charge in [-0.2, -0.15) is 0 Å². The van der Waals surface area contributed by atoms with E-state index in [0.717, 1.165) is 12.0 Å². The summed E-state index contributed by atoms with van der Waals surface area (Å²) in [5.41, 5.74) is 2.89. The fourth-order valence-electron chi connectivity index (χ4n) is 2.90. The second-order valence-corrected chi connectivity index (χ2v) is 6.33. The minimum Gasteiger partial charge on any atom is -0.478 e. The predicted octanol–water partition coefficient (Wildman–Crippen LogP) is 4.27. The molecule has 4 heteroatoms. The van der Waals surface area contributed by atoms with Crippen LogP contribution in [-0.4, -0.2) is 28.4 Å². The van der Waals surface area contributed by atoms with E-state index < -0.39 is 5.97 Å². The Labute approximate surface area is 158 Å². The van der Waals surface area contributed by atoms with Crippen molar-refractivity contribution in [2.45, 2.75) is 13.0 Å². The summed E-state index contributed by atoms with van der Waals surface area (Å²) in [5.74, 6) is -1.11. The normalized spacial score (nSPS) is 10.4. The van der Waals surface area contributed by atoms with Crippen molar-refractivity contribution < 1.29 is 14.7 Å². The monoisotopic (exact) mass is 359 g/mol. The summed E-state index contributed by atoms with van der Waals surface area (Å²) in [6, 6.07) is 26.0. The number of rotatable bonds is 7. The molecule has 0 saturated carbocycles. The van der Waals surface area contributed by atoms with Gasteiger partial charge in [-0.05, 0) is 41.8 Å². The van der Waals surface area contributed by atoms with Crippen LogP contribution in [-0.2, 0) is 13.0 Å². The van der Waals surface area contributed by atoms with E-state index in [2.05, 4.69) is 0 Å². The van der Waals surface area contributed by atoms with Crippen molar-refractivity contribution in [3.8, 4) is 0 Å². The molecule has 0 atom stereocenters. The molecule has 3 aromatic carbocycles. The van der Waals surface area contributed by atoms with E-state index in [4.69, 9.17) is 5.11 Å². The van der Waals surface area contributed by atoms with Crippen LogP contribution in [0.15, 0.2) is 84.9 Å². The SMILES string of the molecule is O=C(O)c1ccc(C(=O)N(CCc2ccccc2)Cc2ccccc2)cc1. The molecule has 0 unspecified atom stereocenters. The quantitative estimate of drug-likeness (QED) is 0.685. The second kappa shape index (κ2) is 8.81. The van der Waals surface area contributed by atoms with Crippen LogP contribution in [0.5, 0.6) is 0 Å². The Kier molecular flexibility index (Phi) is 6.00. The summed E-state index contributed by atoms with van der Waals surface area (Å²) in [6.07, 6.45) is 0.757. The standard InChI is InChI=1S/C23H21NO3/c25-22(20-11-13-21(14-12-20)23(26)27)24(17-19-9-5-2-6-10-19)16-15-18-7-3-1-4-8-18/h1-14H,15-17H2,(H,26,27). The molecule has 4 nitrogen and oxygen atoms in total. The molecular weight excluding hydrogens is 338 g/mol. The molecule has 0 bridgehead atoms. The van der Waals surface area contributed by atoms with Crippen LogP contribution >= 0.6 is 0 Å². The first-order valence-electron chi connectivity index (χ1n) is 8.84. The molecule has 0 heterocycles. The van der Waals surface area contributed by atoms with Gasteiger partial charge in [-0.1, -0.05) is 60.7 Å². The Hall–Kier alpha value is -3.40. The lowest BCUT2D eigenvalue weighted by molar-refractivity contribution is 0.0693. The summed E-state index contributed by atoms with van der Waals surface area (Å²) in [5, 5.41) is 9.03. The average Bonchev–Trinajstić information content (AvgIpc) is 2.72. The van der Waals surface area contributed by atoms with Crippen molar-refractivity contribution in [3.05, 3.63) is 107 Å². The van der Waals surface area contributed by atoms with Crippen molar-refractivity contribution >= 4 is 11.9 Å². The second-order valence-electron chi connectivity index (χ2n) is 6.33. The zero-order valence-electron chi connectivity index (χ0n) is 14.9. The van der Waals surface area contributed by atoms with E-state index in [-0.39, 0.29) is 11.5 Å². The Morgan fingerprint density at radius 3 is 1.78 bits per heavy atom. The first-order valence-corrected chi connectivity index (χ1v) is 8.84. The lowest BCUT2D eigenvalue weighted by Crippen LogP contribution is -2.32. The minimum absolute atomic E-state index is 0.105. The number of aromatic carboxylic acids is 1. The van der Waals surface area contributed by atoms with Crippen molar-refractivity contribution in [1.82, 2.24) is 4.90 Å². The maximum Gasteiger partial charge on any atom is 0.335 e. The number of carboxylic acid groups (broad SMARTS) is 1. The number of hydrogen-bond donors (Lipinski definition) is 1. The molecule has 3 aromatic rings. The Bertz CT molecular complexity index is 890. The first kappa shape index (κ1) is 18.4. The molecule has 136 valence electrons. The van der Waals surface area contributed by atoms with E-state index in [1.807, 2.05) is 60.7 Å². The van der Waals surface area contributed by atoms with Crippen LogP contribution in [0.2, 0.25) is 0 Å². The number of nitrogens with zero attached hydrogens (tertiary/aromatic N) is 1. The molecule has 0 saturated heterocycles. The van der Waals surface area contributed by atoms with Crippen molar-refractivity contribution in [1.29, 1.82) is 0 Å². The molecule has 1 N–H and O–H groups in total. The summed E-state index contributed by atoms with van der Waals surface area (Å²) in [6.45, 7) is 1.09. The lowest BCUT2D eigenvalue weighted by atomic mass is 10.1. The Balaban J connectivity index is 1.78. The van der Waals surface area contributed by atoms with Crippen molar-refractivity contribution in [2.24, 2.45) is 0 Å². The maximum atomic E-state index is 13.0. The highest BCUT2D eigenvalue weighted by Crippen LogP contribution is 2.13. The number of carbonyl (C=O) groups is 2. The van der Waals surface area contributed by atoms with Gasteiger partial charge in [0.15, 0.2) is 0 Å². The van der Waals surface area contributed by atoms with E-state index in [1.54, 1.807) is 17.0 Å². The number of carbonyl (C=O) groups excluding carboxylic acids is 1. The van der Waals surface area contributed by atoms with Gasteiger partial charge < -0.3 is 10.0 Å². The summed E-state index contributed by atoms with van der Waals surface area (Å²) in [7, 11) is 0. The van der Waals surface area contributed by atoms with Gasteiger partial charge in [-0.3, -0.25) is 4.79 Å². The summed E-state index contributed by atoms with van der Waals surface area (Å²) < 4.78 is 0. The van der Waals surface area contributed by atoms with Crippen LogP contribution in [0, 0.1) is 0 Å². The fourth-order valence-corrected chi connectivity index (χ4v) is 2.90. The third kappa shape index (κ3) is 5.05. The molecule has 3 rings (SSSR count). The van der Waals surface area contributed by atoms with Crippen LogP contribution in [0.1, 0.15) is 31.8 Å². The zero-order valence-corrected chi connectivity index (χ0v) is 14.9.